The number of rotatable bonds is 4. The van der Waals surface area contributed by atoms with E-state index in [4.69, 9.17) is 10.5 Å². The van der Waals surface area contributed by atoms with Crippen molar-refractivity contribution < 1.29 is 4.74 Å². The average molecular weight is 338 g/mol. The zero-order valence-corrected chi connectivity index (χ0v) is 13.9. The van der Waals surface area contributed by atoms with Crippen LogP contribution in [0.2, 0.25) is 0 Å². The summed E-state index contributed by atoms with van der Waals surface area (Å²) in [4.78, 5) is 0. The van der Waals surface area contributed by atoms with Crippen LogP contribution in [0.25, 0.3) is 0 Å². The van der Waals surface area contributed by atoms with Gasteiger partial charge in [-0.2, -0.15) is 5.10 Å². The van der Waals surface area contributed by atoms with E-state index in [1.165, 1.54) is 0 Å². The number of hydrogen-bond donors (Lipinski definition) is 1. The van der Waals surface area contributed by atoms with Crippen LogP contribution in [0, 0.1) is 20.8 Å². The van der Waals surface area contributed by atoms with E-state index in [9.17, 15) is 0 Å². The van der Waals surface area contributed by atoms with E-state index in [-0.39, 0.29) is 0 Å². The predicted molar refractivity (Wildman–Crippen MR) is 85.0 cm³/mol. The summed E-state index contributed by atoms with van der Waals surface area (Å²) in [6.07, 6.45) is 0. The van der Waals surface area contributed by atoms with Crippen molar-refractivity contribution in [2.75, 3.05) is 5.73 Å². The molecule has 20 heavy (non-hydrogen) atoms. The minimum absolute atomic E-state index is 0.487. The first-order chi connectivity index (χ1) is 9.43. The number of aryl methyl sites for hydroxylation is 4. The van der Waals surface area contributed by atoms with Crippen molar-refractivity contribution in [3.8, 4) is 5.75 Å². The van der Waals surface area contributed by atoms with Crippen molar-refractivity contribution in [3.05, 3.63) is 39.1 Å². The number of anilines is 1. The second-order valence-corrected chi connectivity index (χ2v) is 5.73. The number of ether oxygens (including phenoxy) is 1. The summed E-state index contributed by atoms with van der Waals surface area (Å²) >= 11 is 3.58. The lowest BCUT2D eigenvalue weighted by molar-refractivity contribution is 0.288. The number of nitrogens with two attached hydrogens (primary N) is 1. The molecule has 2 aromatic rings. The maximum absolute atomic E-state index is 6.00. The summed E-state index contributed by atoms with van der Waals surface area (Å²) in [5.41, 5.74) is 10.7. The van der Waals surface area contributed by atoms with Gasteiger partial charge in [-0.3, -0.25) is 4.68 Å². The molecule has 0 aliphatic heterocycles. The molecule has 0 aliphatic rings. The van der Waals surface area contributed by atoms with Crippen LogP contribution in [0.3, 0.4) is 0 Å². The largest absolute Gasteiger partial charge is 0.487 e. The molecule has 0 fully saturated rings. The smallest absolute Gasteiger partial charge is 0.131 e. The number of nitrogen functional groups attached to an aromatic ring is 1. The van der Waals surface area contributed by atoms with Crippen LogP contribution in [0.1, 0.15) is 29.4 Å². The number of hydrogen-bond acceptors (Lipinski definition) is 3. The number of nitrogens with zero attached hydrogens (tertiary/aromatic N) is 2. The Balaban J connectivity index is 2.26. The molecule has 0 amide bonds. The second kappa shape index (κ2) is 5.87. The fourth-order valence-electron chi connectivity index (χ4n) is 2.36. The molecule has 108 valence electrons. The summed E-state index contributed by atoms with van der Waals surface area (Å²) in [5.74, 6) is 0.896. The highest BCUT2D eigenvalue weighted by atomic mass is 79.9. The number of aromatic nitrogens is 2. The lowest BCUT2D eigenvalue weighted by atomic mass is 10.1. The molecule has 1 aromatic carbocycles. The Bertz CT molecular complexity index is 611. The van der Waals surface area contributed by atoms with Crippen molar-refractivity contribution in [1.82, 2.24) is 9.78 Å². The molecule has 0 saturated carbocycles. The first-order valence-electron chi connectivity index (χ1n) is 6.65. The molecule has 5 heteroatoms. The van der Waals surface area contributed by atoms with Gasteiger partial charge in [0.2, 0.25) is 0 Å². The molecule has 0 saturated heterocycles. The monoisotopic (exact) mass is 337 g/mol. The van der Waals surface area contributed by atoms with Gasteiger partial charge in [0.05, 0.1) is 15.9 Å². The van der Waals surface area contributed by atoms with E-state index in [2.05, 4.69) is 28.0 Å². The lowest BCUT2D eigenvalue weighted by Crippen LogP contribution is -2.08. The van der Waals surface area contributed by atoms with Crippen LogP contribution < -0.4 is 10.5 Å². The normalized spacial score (nSPS) is 10.8. The van der Waals surface area contributed by atoms with Gasteiger partial charge in [0.15, 0.2) is 0 Å². The maximum atomic E-state index is 6.00. The molecule has 2 N–H and O–H groups in total. The van der Waals surface area contributed by atoms with E-state index in [1.54, 1.807) is 0 Å². The van der Waals surface area contributed by atoms with E-state index < -0.39 is 0 Å². The van der Waals surface area contributed by atoms with E-state index in [0.29, 0.717) is 6.61 Å². The van der Waals surface area contributed by atoms with Gasteiger partial charge in [-0.25, -0.2) is 0 Å². The fraction of sp³-hybridized carbons (Fsp3) is 0.400. The third-order valence-corrected chi connectivity index (χ3v) is 4.32. The Morgan fingerprint density at radius 2 is 1.85 bits per heavy atom. The predicted octanol–water partition coefficient (Wildman–Crippen LogP) is 3.75. The Morgan fingerprint density at radius 3 is 2.40 bits per heavy atom. The molecule has 0 aliphatic carbocycles. The minimum atomic E-state index is 0.487. The summed E-state index contributed by atoms with van der Waals surface area (Å²) in [7, 11) is 0. The Morgan fingerprint density at radius 1 is 1.25 bits per heavy atom. The molecular formula is C15H20BrN3O. The van der Waals surface area contributed by atoms with Gasteiger partial charge in [0, 0.05) is 12.2 Å². The molecule has 0 bridgehead atoms. The minimum Gasteiger partial charge on any atom is -0.487 e. The first kappa shape index (κ1) is 14.9. The van der Waals surface area contributed by atoms with Crippen LogP contribution in [-0.4, -0.2) is 9.78 Å². The quantitative estimate of drug-likeness (QED) is 0.864. The lowest BCUT2D eigenvalue weighted by Gasteiger charge is -2.14. The molecule has 0 radical (unpaired) electrons. The van der Waals surface area contributed by atoms with Gasteiger partial charge < -0.3 is 10.5 Å². The zero-order chi connectivity index (χ0) is 14.9. The second-order valence-electron chi connectivity index (χ2n) is 4.93. The summed E-state index contributed by atoms with van der Waals surface area (Å²) in [6.45, 7) is 9.39. The van der Waals surface area contributed by atoms with Gasteiger partial charge >= 0.3 is 0 Å². The molecule has 0 spiro atoms. The highest BCUT2D eigenvalue weighted by molar-refractivity contribution is 9.10. The Kier molecular flexibility index (Phi) is 4.38. The van der Waals surface area contributed by atoms with Crippen LogP contribution in [-0.2, 0) is 13.2 Å². The van der Waals surface area contributed by atoms with Crippen LogP contribution in [0.4, 0.5) is 5.69 Å². The van der Waals surface area contributed by atoms with Crippen molar-refractivity contribution in [2.45, 2.75) is 40.8 Å². The third-order valence-electron chi connectivity index (χ3n) is 3.29. The summed E-state index contributed by atoms with van der Waals surface area (Å²) in [6, 6.07) is 3.86. The van der Waals surface area contributed by atoms with Crippen LogP contribution in [0.5, 0.6) is 5.75 Å². The highest BCUT2D eigenvalue weighted by Crippen LogP contribution is 2.28. The van der Waals surface area contributed by atoms with E-state index in [1.807, 2.05) is 37.6 Å². The molecular weight excluding hydrogens is 318 g/mol. The highest BCUT2D eigenvalue weighted by Gasteiger charge is 2.14. The molecule has 1 aromatic heterocycles. The van der Waals surface area contributed by atoms with Crippen LogP contribution in [0.15, 0.2) is 16.6 Å². The SMILES string of the molecule is CCn1nc(C)c(Br)c1COc1c(C)cc(N)cc1C. The van der Waals surface area contributed by atoms with Gasteiger partial charge in [0.1, 0.15) is 12.4 Å². The van der Waals surface area contributed by atoms with Crippen molar-refractivity contribution >= 4 is 21.6 Å². The Hall–Kier alpha value is -1.49. The summed E-state index contributed by atoms with van der Waals surface area (Å²) in [5, 5.41) is 4.47. The maximum Gasteiger partial charge on any atom is 0.131 e. The topological polar surface area (TPSA) is 53.1 Å². The fourth-order valence-corrected chi connectivity index (χ4v) is 2.76. The van der Waals surface area contributed by atoms with Gasteiger partial charge in [-0.05, 0) is 66.9 Å². The molecule has 1 heterocycles. The van der Waals surface area contributed by atoms with Crippen LogP contribution >= 0.6 is 15.9 Å². The van der Waals surface area contributed by atoms with Gasteiger partial charge in [-0.1, -0.05) is 0 Å². The average Bonchev–Trinajstić information content (AvgIpc) is 2.64. The number of benzene rings is 1. The van der Waals surface area contributed by atoms with Crippen molar-refractivity contribution in [3.63, 3.8) is 0 Å². The molecule has 0 unspecified atom stereocenters. The summed E-state index contributed by atoms with van der Waals surface area (Å²) < 4.78 is 8.98. The van der Waals surface area contributed by atoms with Crippen molar-refractivity contribution in [2.24, 2.45) is 0 Å². The molecule has 4 nitrogen and oxygen atoms in total. The molecule has 0 atom stereocenters. The zero-order valence-electron chi connectivity index (χ0n) is 12.3. The number of halogens is 1. The third kappa shape index (κ3) is 2.82. The van der Waals surface area contributed by atoms with Crippen molar-refractivity contribution in [1.29, 1.82) is 0 Å². The van der Waals surface area contributed by atoms with E-state index in [0.717, 1.165) is 45.0 Å². The van der Waals surface area contributed by atoms with E-state index >= 15 is 0 Å². The van der Waals surface area contributed by atoms with Gasteiger partial charge in [0.25, 0.3) is 0 Å². The Labute approximate surface area is 128 Å². The standard InChI is InChI=1S/C15H20BrN3O/c1-5-19-13(14(16)11(4)18-19)8-20-15-9(2)6-12(17)7-10(15)3/h6-7H,5,8,17H2,1-4H3. The first-order valence-corrected chi connectivity index (χ1v) is 7.44. The van der Waals surface area contributed by atoms with Gasteiger partial charge in [-0.15, -0.1) is 0 Å². The molecule has 2 rings (SSSR count).